The van der Waals surface area contributed by atoms with Crippen molar-refractivity contribution in [1.29, 1.82) is 0 Å². The number of hydrogen-bond donors (Lipinski definition) is 1. The average Bonchev–Trinajstić information content (AvgIpc) is 2.25. The monoisotopic (exact) mass is 202 g/mol. The summed E-state index contributed by atoms with van der Waals surface area (Å²) in [4.78, 5) is 2.99. The summed E-state index contributed by atoms with van der Waals surface area (Å²) in [7, 11) is 0. The van der Waals surface area contributed by atoms with Crippen LogP contribution in [0.15, 0.2) is 35.4 Å². The highest BCUT2D eigenvalue weighted by Crippen LogP contribution is 2.43. The van der Waals surface area contributed by atoms with Gasteiger partial charge in [0.2, 0.25) is 0 Å². The van der Waals surface area contributed by atoms with Gasteiger partial charge < -0.3 is 5.32 Å². The number of nitrogens with zero attached hydrogens (tertiary/aromatic N) is 3. The number of azide groups is 1. The van der Waals surface area contributed by atoms with Gasteiger partial charge in [0.1, 0.15) is 5.54 Å². The molecule has 0 aliphatic carbocycles. The molecule has 1 atom stereocenters. The summed E-state index contributed by atoms with van der Waals surface area (Å²) in [6.45, 7) is 4.81. The van der Waals surface area contributed by atoms with Gasteiger partial charge in [-0.1, -0.05) is 35.4 Å². The number of rotatable bonds is 2. The topological polar surface area (TPSA) is 60.8 Å². The third kappa shape index (κ3) is 1.30. The van der Waals surface area contributed by atoms with Crippen LogP contribution in [0.4, 0.5) is 0 Å². The van der Waals surface area contributed by atoms with Gasteiger partial charge in [0, 0.05) is 17.0 Å². The van der Waals surface area contributed by atoms with E-state index in [1.54, 1.807) is 0 Å². The molecule has 0 aromatic heterocycles. The molecule has 0 saturated carbocycles. The van der Waals surface area contributed by atoms with E-state index < -0.39 is 5.54 Å². The molecular weight excluding hydrogens is 188 g/mol. The van der Waals surface area contributed by atoms with Crippen molar-refractivity contribution < 1.29 is 0 Å². The summed E-state index contributed by atoms with van der Waals surface area (Å²) in [5, 5.41) is 7.30. The molecule has 1 heterocycles. The Morgan fingerprint density at radius 2 is 2.00 bits per heavy atom. The van der Waals surface area contributed by atoms with Crippen LogP contribution in [0.5, 0.6) is 0 Å². The van der Waals surface area contributed by atoms with Gasteiger partial charge in [-0.05, 0) is 24.9 Å². The molecule has 0 radical (unpaired) electrons. The molecule has 1 N–H and O–H groups in total. The summed E-state index contributed by atoms with van der Waals surface area (Å²) in [5.41, 5.74) is 9.15. The van der Waals surface area contributed by atoms with Gasteiger partial charge in [0.25, 0.3) is 0 Å². The summed E-state index contributed by atoms with van der Waals surface area (Å²) < 4.78 is 0. The van der Waals surface area contributed by atoms with Crippen molar-refractivity contribution in [2.24, 2.45) is 5.11 Å². The van der Waals surface area contributed by atoms with Crippen molar-refractivity contribution in [3.63, 3.8) is 0 Å². The zero-order valence-corrected chi connectivity index (χ0v) is 8.94. The van der Waals surface area contributed by atoms with E-state index in [1.165, 1.54) is 0 Å². The van der Waals surface area contributed by atoms with Crippen LogP contribution in [0, 0.1) is 0 Å². The third-order valence-electron chi connectivity index (χ3n) is 3.29. The van der Waals surface area contributed by atoms with Gasteiger partial charge in [0.15, 0.2) is 0 Å². The molecule has 1 aliphatic rings. The first kappa shape index (κ1) is 10.0. The van der Waals surface area contributed by atoms with E-state index in [0.29, 0.717) is 6.54 Å². The molecule has 1 aromatic carbocycles. The molecule has 1 unspecified atom stereocenters. The second kappa shape index (κ2) is 3.26. The Labute approximate surface area is 88.9 Å². The maximum absolute atomic E-state index is 8.69. The van der Waals surface area contributed by atoms with Crippen LogP contribution in [0.3, 0.4) is 0 Å². The van der Waals surface area contributed by atoms with Crippen molar-refractivity contribution >= 4 is 0 Å². The first-order valence-corrected chi connectivity index (χ1v) is 4.99. The molecule has 0 bridgehead atoms. The van der Waals surface area contributed by atoms with Crippen molar-refractivity contribution in [2.75, 3.05) is 6.54 Å². The van der Waals surface area contributed by atoms with E-state index in [9.17, 15) is 0 Å². The maximum Gasteiger partial charge on any atom is 0.104 e. The highest BCUT2D eigenvalue weighted by atomic mass is 15.3. The zero-order chi connectivity index (χ0) is 10.9. The third-order valence-corrected chi connectivity index (χ3v) is 3.29. The number of nitrogens with one attached hydrogen (secondary N) is 1. The predicted octanol–water partition coefficient (Wildman–Crippen LogP) is 2.57. The lowest BCUT2D eigenvalue weighted by Crippen LogP contribution is -2.71. The number of hydrogen-bond acceptors (Lipinski definition) is 2. The molecule has 1 aliphatic heterocycles. The highest BCUT2D eigenvalue weighted by Gasteiger charge is 2.53. The Bertz CT molecular complexity index is 406. The highest BCUT2D eigenvalue weighted by molar-refractivity contribution is 5.34. The van der Waals surface area contributed by atoms with Crippen LogP contribution in [-0.4, -0.2) is 12.1 Å². The van der Waals surface area contributed by atoms with Gasteiger partial charge in [-0.2, -0.15) is 0 Å². The molecule has 78 valence electrons. The fourth-order valence-corrected chi connectivity index (χ4v) is 2.08. The van der Waals surface area contributed by atoms with Crippen molar-refractivity contribution in [1.82, 2.24) is 5.32 Å². The lowest BCUT2D eigenvalue weighted by Gasteiger charge is -2.54. The SMILES string of the molecule is CC1(C)NCC1(N=[N+]=[N-])c1ccccc1. The summed E-state index contributed by atoms with van der Waals surface area (Å²) in [5.74, 6) is 0. The normalized spacial score (nSPS) is 27.6. The van der Waals surface area contributed by atoms with E-state index in [1.807, 2.05) is 30.3 Å². The Balaban J connectivity index is 2.50. The fraction of sp³-hybridized carbons (Fsp3) is 0.455. The second-order valence-electron chi connectivity index (χ2n) is 4.39. The molecule has 0 amide bonds. The van der Waals surface area contributed by atoms with Crippen LogP contribution < -0.4 is 5.32 Å². The van der Waals surface area contributed by atoms with Crippen LogP contribution in [-0.2, 0) is 5.54 Å². The molecule has 1 saturated heterocycles. The maximum atomic E-state index is 8.69. The fourth-order valence-electron chi connectivity index (χ4n) is 2.08. The summed E-state index contributed by atoms with van der Waals surface area (Å²) in [6, 6.07) is 9.93. The van der Waals surface area contributed by atoms with Crippen molar-refractivity contribution in [3.8, 4) is 0 Å². The minimum absolute atomic E-state index is 0.180. The standard InChI is InChI=1S/C11H14N4/c1-10(2)11(8-13-10,14-15-12)9-6-4-3-5-7-9/h3-7,13H,8H2,1-2H3. The molecular formula is C11H14N4. The van der Waals surface area contributed by atoms with Crippen LogP contribution in [0.25, 0.3) is 10.4 Å². The smallest absolute Gasteiger partial charge is 0.104 e. The summed E-state index contributed by atoms with van der Waals surface area (Å²) in [6.07, 6.45) is 0. The van der Waals surface area contributed by atoms with Gasteiger partial charge in [0.05, 0.1) is 0 Å². The van der Waals surface area contributed by atoms with Gasteiger partial charge >= 0.3 is 0 Å². The molecule has 4 heteroatoms. The average molecular weight is 202 g/mol. The molecule has 15 heavy (non-hydrogen) atoms. The van der Waals surface area contributed by atoms with E-state index in [4.69, 9.17) is 5.53 Å². The Morgan fingerprint density at radius 1 is 1.33 bits per heavy atom. The van der Waals surface area contributed by atoms with Gasteiger partial charge in [-0.25, -0.2) is 0 Å². The van der Waals surface area contributed by atoms with Crippen LogP contribution in [0.2, 0.25) is 0 Å². The quantitative estimate of drug-likeness (QED) is 0.447. The molecule has 1 aromatic rings. The predicted molar refractivity (Wildman–Crippen MR) is 59.3 cm³/mol. The largest absolute Gasteiger partial charge is 0.310 e. The Kier molecular flexibility index (Phi) is 2.18. The van der Waals surface area contributed by atoms with Gasteiger partial charge in [-0.3, -0.25) is 0 Å². The van der Waals surface area contributed by atoms with E-state index in [0.717, 1.165) is 5.56 Å². The van der Waals surface area contributed by atoms with Crippen LogP contribution >= 0.6 is 0 Å². The van der Waals surface area contributed by atoms with Crippen LogP contribution in [0.1, 0.15) is 19.4 Å². The first-order chi connectivity index (χ1) is 7.12. The minimum Gasteiger partial charge on any atom is -0.310 e. The van der Waals surface area contributed by atoms with E-state index >= 15 is 0 Å². The Morgan fingerprint density at radius 3 is 2.40 bits per heavy atom. The van der Waals surface area contributed by atoms with Crippen molar-refractivity contribution in [3.05, 3.63) is 46.3 Å². The Hall–Kier alpha value is -1.51. The summed E-state index contributed by atoms with van der Waals surface area (Å²) >= 11 is 0. The molecule has 2 rings (SSSR count). The van der Waals surface area contributed by atoms with Gasteiger partial charge in [-0.15, -0.1) is 0 Å². The van der Waals surface area contributed by atoms with E-state index in [-0.39, 0.29) is 5.54 Å². The van der Waals surface area contributed by atoms with E-state index in [2.05, 4.69) is 29.2 Å². The lowest BCUT2D eigenvalue weighted by atomic mass is 9.68. The molecule has 0 spiro atoms. The second-order valence-corrected chi connectivity index (χ2v) is 4.39. The molecule has 4 nitrogen and oxygen atoms in total. The zero-order valence-electron chi connectivity index (χ0n) is 8.94. The van der Waals surface area contributed by atoms with Crippen molar-refractivity contribution in [2.45, 2.75) is 24.9 Å². The lowest BCUT2D eigenvalue weighted by molar-refractivity contribution is 0.0967. The molecule has 1 fully saturated rings. The number of benzene rings is 1. The first-order valence-electron chi connectivity index (χ1n) is 4.99. The minimum atomic E-state index is -0.441.